The highest BCUT2D eigenvalue weighted by Crippen LogP contribution is 2.40. The number of ether oxygens (including phenoxy) is 1. The Morgan fingerprint density at radius 3 is 2.16 bits per heavy atom. The van der Waals surface area contributed by atoms with Crippen LogP contribution in [0.5, 0.6) is 5.75 Å². The minimum atomic E-state index is -0.682. The molecule has 1 heterocycles. The topological polar surface area (TPSA) is 66.8 Å². The molecule has 0 aromatic heterocycles. The zero-order valence-electron chi connectivity index (χ0n) is 17.9. The van der Waals surface area contributed by atoms with Gasteiger partial charge in [-0.25, -0.2) is 0 Å². The lowest BCUT2D eigenvalue weighted by Gasteiger charge is -2.25. The van der Waals surface area contributed by atoms with Gasteiger partial charge in [0.05, 0.1) is 18.2 Å². The molecule has 0 unspecified atom stereocenters. The Morgan fingerprint density at radius 2 is 1.53 bits per heavy atom. The number of aliphatic hydroxyl groups is 1. The van der Waals surface area contributed by atoms with Crippen LogP contribution in [-0.2, 0) is 16.1 Å². The van der Waals surface area contributed by atoms with Crippen molar-refractivity contribution < 1.29 is 19.4 Å². The average Bonchev–Trinajstić information content (AvgIpc) is 3.09. The Labute approximate surface area is 187 Å². The van der Waals surface area contributed by atoms with Crippen LogP contribution >= 0.6 is 0 Å². The maximum Gasteiger partial charge on any atom is 0.295 e. The molecule has 1 saturated heterocycles. The molecular formula is C27H25NO4. The fraction of sp³-hybridized carbons (Fsp3) is 0.185. The van der Waals surface area contributed by atoms with E-state index in [1.165, 1.54) is 4.90 Å². The summed E-state index contributed by atoms with van der Waals surface area (Å²) < 4.78 is 5.60. The van der Waals surface area contributed by atoms with Crippen molar-refractivity contribution in [1.82, 2.24) is 4.90 Å². The Balaban J connectivity index is 1.76. The van der Waals surface area contributed by atoms with Gasteiger partial charge in [-0.3, -0.25) is 9.59 Å². The molecule has 1 N–H and O–H groups in total. The molecule has 1 fully saturated rings. The molecule has 5 nitrogen and oxygen atoms in total. The highest BCUT2D eigenvalue weighted by atomic mass is 16.5. The monoisotopic (exact) mass is 427 g/mol. The molecule has 0 radical (unpaired) electrons. The van der Waals surface area contributed by atoms with Crippen LogP contribution < -0.4 is 4.74 Å². The summed E-state index contributed by atoms with van der Waals surface area (Å²) >= 11 is 0. The van der Waals surface area contributed by atoms with E-state index in [-0.39, 0.29) is 17.9 Å². The van der Waals surface area contributed by atoms with E-state index in [0.717, 1.165) is 17.5 Å². The smallest absolute Gasteiger partial charge is 0.295 e. The summed E-state index contributed by atoms with van der Waals surface area (Å²) in [6.45, 7) is 2.90. The number of benzene rings is 3. The summed E-state index contributed by atoms with van der Waals surface area (Å²) in [6, 6.07) is 25.1. The molecule has 1 atom stereocenters. The van der Waals surface area contributed by atoms with E-state index in [1.807, 2.05) is 67.6 Å². The highest BCUT2D eigenvalue weighted by molar-refractivity contribution is 6.46. The van der Waals surface area contributed by atoms with Crippen molar-refractivity contribution in [2.24, 2.45) is 0 Å². The van der Waals surface area contributed by atoms with E-state index in [4.69, 9.17) is 4.74 Å². The fourth-order valence-electron chi connectivity index (χ4n) is 3.89. The molecule has 3 aromatic rings. The predicted octanol–water partition coefficient (Wildman–Crippen LogP) is 5.10. The largest absolute Gasteiger partial charge is 0.507 e. The number of aliphatic hydroxyl groups excluding tert-OH is 1. The number of hydrogen-bond donors (Lipinski definition) is 1. The van der Waals surface area contributed by atoms with Gasteiger partial charge in [0.2, 0.25) is 0 Å². The molecular weight excluding hydrogens is 402 g/mol. The van der Waals surface area contributed by atoms with E-state index in [9.17, 15) is 14.7 Å². The van der Waals surface area contributed by atoms with Gasteiger partial charge in [-0.05, 0) is 41.8 Å². The van der Waals surface area contributed by atoms with Crippen molar-refractivity contribution in [3.8, 4) is 5.75 Å². The second-order valence-corrected chi connectivity index (χ2v) is 7.70. The molecule has 0 saturated carbocycles. The van der Waals surface area contributed by atoms with Crippen molar-refractivity contribution in [2.75, 3.05) is 6.61 Å². The fourth-order valence-corrected chi connectivity index (χ4v) is 3.89. The number of hydrogen-bond acceptors (Lipinski definition) is 4. The number of rotatable bonds is 7. The van der Waals surface area contributed by atoms with Gasteiger partial charge in [0, 0.05) is 12.1 Å². The normalized spacial score (nSPS) is 17.5. The van der Waals surface area contributed by atoms with Gasteiger partial charge in [-0.1, -0.05) is 67.6 Å². The zero-order chi connectivity index (χ0) is 22.5. The van der Waals surface area contributed by atoms with Crippen LogP contribution in [0.2, 0.25) is 0 Å². The first-order chi connectivity index (χ1) is 15.6. The highest BCUT2D eigenvalue weighted by Gasteiger charge is 2.45. The second-order valence-electron chi connectivity index (χ2n) is 7.70. The van der Waals surface area contributed by atoms with Crippen LogP contribution in [0, 0.1) is 0 Å². The molecule has 0 aliphatic carbocycles. The minimum Gasteiger partial charge on any atom is -0.507 e. The molecule has 1 aliphatic heterocycles. The number of ketones is 1. The Kier molecular flexibility index (Phi) is 6.36. The first-order valence-electron chi connectivity index (χ1n) is 10.7. The van der Waals surface area contributed by atoms with Gasteiger partial charge in [0.15, 0.2) is 0 Å². The van der Waals surface area contributed by atoms with Crippen LogP contribution in [0.1, 0.15) is 36.1 Å². The number of carbonyl (C=O) groups excluding carboxylic acids is 2. The van der Waals surface area contributed by atoms with Crippen molar-refractivity contribution in [3.05, 3.63) is 107 Å². The standard InChI is InChI=1S/C27H25NO4/c1-2-17-32-22-15-13-21(14-16-22)25(29)23-24(20-11-7-4-8-12-20)28(27(31)26(23)30)18-19-9-5-3-6-10-19/h3-16,24,29H,2,17-18H2,1H3/t24-/m1/s1. The molecule has 5 heteroatoms. The van der Waals surface area contributed by atoms with Crippen LogP contribution in [0.25, 0.3) is 5.76 Å². The van der Waals surface area contributed by atoms with Crippen molar-refractivity contribution in [1.29, 1.82) is 0 Å². The van der Waals surface area contributed by atoms with Gasteiger partial charge in [0.1, 0.15) is 11.5 Å². The number of carbonyl (C=O) groups is 2. The summed E-state index contributed by atoms with van der Waals surface area (Å²) in [5.74, 6) is -0.798. The lowest BCUT2D eigenvalue weighted by atomic mass is 9.95. The third kappa shape index (κ3) is 4.28. The maximum absolute atomic E-state index is 13.1. The first kappa shape index (κ1) is 21.4. The van der Waals surface area contributed by atoms with Crippen LogP contribution in [0.4, 0.5) is 0 Å². The Hall–Kier alpha value is -3.86. The number of Topliss-reactive ketones (excluding diaryl/α,β-unsaturated/α-hetero) is 1. The van der Waals surface area contributed by atoms with E-state index in [0.29, 0.717) is 17.9 Å². The third-order valence-electron chi connectivity index (χ3n) is 5.45. The maximum atomic E-state index is 13.1. The van der Waals surface area contributed by atoms with E-state index in [1.54, 1.807) is 24.3 Å². The molecule has 4 rings (SSSR count). The predicted molar refractivity (Wildman–Crippen MR) is 123 cm³/mol. The van der Waals surface area contributed by atoms with Crippen molar-refractivity contribution in [3.63, 3.8) is 0 Å². The molecule has 162 valence electrons. The molecule has 0 spiro atoms. The Bertz CT molecular complexity index is 1120. The molecule has 3 aromatic carbocycles. The van der Waals surface area contributed by atoms with Gasteiger partial charge >= 0.3 is 0 Å². The van der Waals surface area contributed by atoms with Crippen molar-refractivity contribution >= 4 is 17.4 Å². The van der Waals surface area contributed by atoms with Gasteiger partial charge in [0.25, 0.3) is 11.7 Å². The number of amides is 1. The van der Waals surface area contributed by atoms with Gasteiger partial charge in [-0.2, -0.15) is 0 Å². The quantitative estimate of drug-likeness (QED) is 0.324. The van der Waals surface area contributed by atoms with Crippen molar-refractivity contribution in [2.45, 2.75) is 25.9 Å². The summed E-state index contributed by atoms with van der Waals surface area (Å²) in [7, 11) is 0. The zero-order valence-corrected chi connectivity index (χ0v) is 17.9. The van der Waals surface area contributed by atoms with Gasteiger partial charge < -0.3 is 14.7 Å². The molecule has 0 bridgehead atoms. The van der Waals surface area contributed by atoms with Crippen LogP contribution in [-0.4, -0.2) is 28.3 Å². The second kappa shape index (κ2) is 9.52. The number of likely N-dealkylation sites (tertiary alicyclic amines) is 1. The molecule has 32 heavy (non-hydrogen) atoms. The summed E-state index contributed by atoms with van der Waals surface area (Å²) in [5, 5.41) is 11.1. The summed E-state index contributed by atoms with van der Waals surface area (Å²) in [5.41, 5.74) is 2.24. The van der Waals surface area contributed by atoms with E-state index >= 15 is 0 Å². The van der Waals surface area contributed by atoms with Crippen LogP contribution in [0.15, 0.2) is 90.5 Å². The lowest BCUT2D eigenvalue weighted by molar-refractivity contribution is -0.140. The molecule has 1 amide bonds. The number of nitrogens with zero attached hydrogens (tertiary/aromatic N) is 1. The summed E-state index contributed by atoms with van der Waals surface area (Å²) in [4.78, 5) is 27.6. The first-order valence-corrected chi connectivity index (χ1v) is 10.7. The SMILES string of the molecule is CCCOc1ccc(C(O)=C2C(=O)C(=O)N(Cc3ccccc3)[C@@H]2c2ccccc2)cc1. The summed E-state index contributed by atoms with van der Waals surface area (Å²) in [6.07, 6.45) is 0.893. The Morgan fingerprint density at radius 1 is 0.906 bits per heavy atom. The van der Waals surface area contributed by atoms with Crippen LogP contribution in [0.3, 0.4) is 0 Å². The minimum absolute atomic E-state index is 0.0966. The van der Waals surface area contributed by atoms with E-state index in [2.05, 4.69) is 0 Å². The third-order valence-corrected chi connectivity index (χ3v) is 5.45. The molecule has 1 aliphatic rings. The van der Waals surface area contributed by atoms with E-state index < -0.39 is 17.7 Å². The average molecular weight is 428 g/mol. The lowest BCUT2D eigenvalue weighted by Crippen LogP contribution is -2.29. The van der Waals surface area contributed by atoms with Gasteiger partial charge in [-0.15, -0.1) is 0 Å².